The Bertz CT molecular complexity index is 438. The topological polar surface area (TPSA) is 46.3 Å². The van der Waals surface area contributed by atoms with Crippen molar-refractivity contribution in [3.05, 3.63) is 48.6 Å². The third-order valence-electron chi connectivity index (χ3n) is 3.99. The molecule has 0 bridgehead atoms. The molecule has 0 heterocycles. The van der Waals surface area contributed by atoms with Crippen molar-refractivity contribution in [2.75, 3.05) is 6.54 Å². The van der Waals surface area contributed by atoms with Crippen LogP contribution < -0.4 is 5.73 Å². The summed E-state index contributed by atoms with van der Waals surface area (Å²) in [4.78, 5) is 14.5. The predicted molar refractivity (Wildman–Crippen MR) is 82.3 cm³/mol. The third-order valence-corrected chi connectivity index (χ3v) is 3.99. The van der Waals surface area contributed by atoms with E-state index in [1.54, 1.807) is 6.08 Å². The van der Waals surface area contributed by atoms with Gasteiger partial charge in [-0.3, -0.25) is 4.79 Å². The van der Waals surface area contributed by atoms with Gasteiger partial charge < -0.3 is 10.6 Å². The van der Waals surface area contributed by atoms with Gasteiger partial charge in [0.2, 0.25) is 5.91 Å². The summed E-state index contributed by atoms with van der Waals surface area (Å²) in [6, 6.07) is 9.84. The van der Waals surface area contributed by atoms with Crippen LogP contribution in [-0.4, -0.2) is 29.4 Å². The first-order valence-corrected chi connectivity index (χ1v) is 7.43. The number of hydrogen-bond donors (Lipinski definition) is 1. The fourth-order valence-electron chi connectivity index (χ4n) is 2.94. The highest BCUT2D eigenvalue weighted by Gasteiger charge is 2.28. The summed E-state index contributed by atoms with van der Waals surface area (Å²) < 4.78 is 0. The van der Waals surface area contributed by atoms with Crippen molar-refractivity contribution in [3.8, 4) is 0 Å². The normalized spacial score (nSPS) is 16.9. The summed E-state index contributed by atoms with van der Waals surface area (Å²) in [7, 11) is 0. The Labute approximate surface area is 121 Å². The van der Waals surface area contributed by atoms with E-state index >= 15 is 0 Å². The molecule has 1 aliphatic carbocycles. The van der Waals surface area contributed by atoms with Gasteiger partial charge in [-0.2, -0.15) is 0 Å². The standard InChI is InChI=1S/C17H24N2O/c1-2-12-19(15-10-6-7-11-15)17(20)16(18)13-14-8-4-3-5-9-14/h2-5,8-9,15-16H,1,6-7,10-13,18H2/t16-/m0/s1. The minimum atomic E-state index is -0.460. The Morgan fingerprint density at radius 2 is 2.00 bits per heavy atom. The van der Waals surface area contributed by atoms with Gasteiger partial charge in [0.05, 0.1) is 6.04 Å². The number of nitrogens with two attached hydrogens (primary N) is 1. The molecular formula is C17H24N2O. The molecule has 0 aromatic heterocycles. The van der Waals surface area contributed by atoms with Crippen molar-refractivity contribution < 1.29 is 4.79 Å². The van der Waals surface area contributed by atoms with Crippen LogP contribution in [-0.2, 0) is 11.2 Å². The summed E-state index contributed by atoms with van der Waals surface area (Å²) >= 11 is 0. The van der Waals surface area contributed by atoms with Crippen LogP contribution in [0.3, 0.4) is 0 Å². The maximum atomic E-state index is 12.6. The maximum Gasteiger partial charge on any atom is 0.240 e. The molecule has 1 fully saturated rings. The Hall–Kier alpha value is -1.61. The molecule has 108 valence electrons. The molecule has 3 heteroatoms. The number of carbonyl (C=O) groups is 1. The van der Waals surface area contributed by atoms with E-state index in [1.165, 1.54) is 12.8 Å². The van der Waals surface area contributed by atoms with Crippen molar-refractivity contribution >= 4 is 5.91 Å². The largest absolute Gasteiger partial charge is 0.335 e. The number of nitrogens with zero attached hydrogens (tertiary/aromatic N) is 1. The van der Waals surface area contributed by atoms with Crippen LogP contribution in [0.15, 0.2) is 43.0 Å². The summed E-state index contributed by atoms with van der Waals surface area (Å²) in [5.41, 5.74) is 7.23. The lowest BCUT2D eigenvalue weighted by Gasteiger charge is -2.30. The Balaban J connectivity index is 2.00. The lowest BCUT2D eigenvalue weighted by atomic mass is 10.0. The number of hydrogen-bond acceptors (Lipinski definition) is 2. The SMILES string of the molecule is C=CCN(C(=O)[C@@H](N)Cc1ccccc1)C1CCCC1. The second-order valence-corrected chi connectivity index (χ2v) is 5.51. The van der Waals surface area contributed by atoms with Crippen LogP contribution in [0.1, 0.15) is 31.2 Å². The van der Waals surface area contributed by atoms with Crippen molar-refractivity contribution in [1.82, 2.24) is 4.90 Å². The Morgan fingerprint density at radius 3 is 2.60 bits per heavy atom. The van der Waals surface area contributed by atoms with E-state index in [4.69, 9.17) is 5.73 Å². The first kappa shape index (κ1) is 14.8. The number of rotatable bonds is 6. The molecule has 2 rings (SSSR count). The molecule has 0 spiro atoms. The first-order valence-electron chi connectivity index (χ1n) is 7.43. The summed E-state index contributed by atoms with van der Waals surface area (Å²) in [6.07, 6.45) is 7.00. The van der Waals surface area contributed by atoms with Gasteiger partial charge in [0, 0.05) is 12.6 Å². The van der Waals surface area contributed by atoms with E-state index in [9.17, 15) is 4.79 Å². The molecule has 1 aromatic carbocycles. The lowest BCUT2D eigenvalue weighted by Crippen LogP contribution is -2.48. The fourth-order valence-corrected chi connectivity index (χ4v) is 2.94. The lowest BCUT2D eigenvalue weighted by molar-refractivity contribution is -0.134. The minimum Gasteiger partial charge on any atom is -0.335 e. The van der Waals surface area contributed by atoms with Crippen LogP contribution >= 0.6 is 0 Å². The Morgan fingerprint density at radius 1 is 1.35 bits per heavy atom. The van der Waals surface area contributed by atoms with E-state index in [0.29, 0.717) is 19.0 Å². The highest BCUT2D eigenvalue weighted by Crippen LogP contribution is 2.24. The molecule has 1 amide bonds. The predicted octanol–water partition coefficient (Wildman–Crippen LogP) is 2.51. The third kappa shape index (κ3) is 3.70. The van der Waals surface area contributed by atoms with Crippen LogP contribution in [0.5, 0.6) is 0 Å². The molecule has 3 nitrogen and oxygen atoms in total. The molecular weight excluding hydrogens is 248 g/mol. The zero-order valence-electron chi connectivity index (χ0n) is 12.0. The van der Waals surface area contributed by atoms with Gasteiger partial charge in [0.15, 0.2) is 0 Å². The van der Waals surface area contributed by atoms with E-state index in [0.717, 1.165) is 18.4 Å². The average molecular weight is 272 g/mol. The number of carbonyl (C=O) groups excluding carboxylic acids is 1. The van der Waals surface area contributed by atoms with E-state index < -0.39 is 6.04 Å². The van der Waals surface area contributed by atoms with E-state index in [2.05, 4.69) is 6.58 Å². The van der Waals surface area contributed by atoms with Crippen molar-refractivity contribution in [2.45, 2.75) is 44.2 Å². The average Bonchev–Trinajstić information content (AvgIpc) is 2.99. The molecule has 1 aromatic rings. The minimum absolute atomic E-state index is 0.0562. The van der Waals surface area contributed by atoms with Crippen LogP contribution in [0.25, 0.3) is 0 Å². The second-order valence-electron chi connectivity index (χ2n) is 5.51. The van der Waals surface area contributed by atoms with Gasteiger partial charge in [-0.25, -0.2) is 0 Å². The molecule has 1 aliphatic rings. The summed E-state index contributed by atoms with van der Waals surface area (Å²) in [6.45, 7) is 4.37. The molecule has 1 saturated carbocycles. The second kappa shape index (κ2) is 7.25. The molecule has 2 N–H and O–H groups in total. The Kier molecular flexibility index (Phi) is 5.36. The maximum absolute atomic E-state index is 12.6. The van der Waals surface area contributed by atoms with Gasteiger partial charge in [0.25, 0.3) is 0 Å². The molecule has 0 radical (unpaired) electrons. The van der Waals surface area contributed by atoms with Gasteiger partial charge in [0.1, 0.15) is 0 Å². The zero-order chi connectivity index (χ0) is 14.4. The summed E-state index contributed by atoms with van der Waals surface area (Å²) in [5.74, 6) is 0.0562. The highest BCUT2D eigenvalue weighted by molar-refractivity contribution is 5.82. The smallest absolute Gasteiger partial charge is 0.240 e. The number of amides is 1. The van der Waals surface area contributed by atoms with Gasteiger partial charge >= 0.3 is 0 Å². The van der Waals surface area contributed by atoms with Crippen molar-refractivity contribution in [3.63, 3.8) is 0 Å². The molecule has 1 atom stereocenters. The first-order chi connectivity index (χ1) is 9.72. The van der Waals surface area contributed by atoms with Gasteiger partial charge in [-0.1, -0.05) is 49.2 Å². The van der Waals surface area contributed by atoms with Crippen molar-refractivity contribution in [2.24, 2.45) is 5.73 Å². The van der Waals surface area contributed by atoms with Gasteiger partial charge in [-0.15, -0.1) is 6.58 Å². The van der Waals surface area contributed by atoms with Crippen LogP contribution in [0.4, 0.5) is 0 Å². The molecule has 0 aliphatic heterocycles. The monoisotopic (exact) mass is 272 g/mol. The van der Waals surface area contributed by atoms with Crippen LogP contribution in [0, 0.1) is 0 Å². The van der Waals surface area contributed by atoms with Gasteiger partial charge in [-0.05, 0) is 24.8 Å². The zero-order valence-corrected chi connectivity index (χ0v) is 12.0. The molecule has 0 saturated heterocycles. The van der Waals surface area contributed by atoms with Crippen LogP contribution in [0.2, 0.25) is 0 Å². The van der Waals surface area contributed by atoms with Crippen molar-refractivity contribution in [1.29, 1.82) is 0 Å². The molecule has 20 heavy (non-hydrogen) atoms. The fraction of sp³-hybridized carbons (Fsp3) is 0.471. The highest BCUT2D eigenvalue weighted by atomic mass is 16.2. The number of benzene rings is 1. The van der Waals surface area contributed by atoms with E-state index in [1.807, 2.05) is 35.2 Å². The summed E-state index contributed by atoms with van der Waals surface area (Å²) in [5, 5.41) is 0. The quantitative estimate of drug-likeness (QED) is 0.809. The molecule has 0 unspecified atom stereocenters. The van der Waals surface area contributed by atoms with E-state index in [-0.39, 0.29) is 5.91 Å².